The van der Waals surface area contributed by atoms with E-state index in [1.165, 1.54) is 180 Å². The van der Waals surface area contributed by atoms with Gasteiger partial charge in [0.2, 0.25) is 0 Å². The Labute approximate surface area is 640 Å². The zero-order chi connectivity index (χ0) is 76.6. The van der Waals surface area contributed by atoms with Crippen LogP contribution in [0.2, 0.25) is 0 Å². The molecule has 5 atom stereocenters. The van der Waals surface area contributed by atoms with Gasteiger partial charge in [0.1, 0.15) is 25.4 Å². The molecule has 105 heavy (non-hydrogen) atoms. The molecule has 0 aliphatic rings. The lowest BCUT2D eigenvalue weighted by Gasteiger charge is -2.21. The van der Waals surface area contributed by atoms with Gasteiger partial charge in [0.05, 0.1) is 26.4 Å². The zero-order valence-corrected chi connectivity index (χ0v) is 68.4. The van der Waals surface area contributed by atoms with Gasteiger partial charge in [0.15, 0.2) is 6.10 Å². The molecule has 0 heterocycles. The summed E-state index contributed by atoms with van der Waals surface area (Å²) in [5.41, 5.74) is 0. The quantitative estimate of drug-likeness (QED) is 0.0146. The number of unbranched alkanes of at least 4 members (excludes halogenated alkanes) is 39. The van der Waals surface area contributed by atoms with Crippen LogP contribution in [0, 0.1) is 0 Å². The summed E-state index contributed by atoms with van der Waals surface area (Å²) in [4.78, 5) is 58.7. The molecular weight excluding hydrogens is 1360 g/mol. The summed E-state index contributed by atoms with van der Waals surface area (Å²) in [6.07, 6.45) is 94.3. The third-order valence-electron chi connectivity index (χ3n) is 18.0. The summed E-state index contributed by atoms with van der Waals surface area (Å²) in [6, 6.07) is 0. The van der Waals surface area contributed by atoms with Gasteiger partial charge < -0.3 is 34.2 Å². The predicted octanol–water partition coefficient (Wildman–Crippen LogP) is 25.1. The summed E-state index contributed by atoms with van der Waals surface area (Å²) in [7, 11) is -9.78. The molecule has 0 saturated carbocycles. The number of rotatable bonds is 80. The molecule has 16 nitrogen and oxygen atoms in total. The van der Waals surface area contributed by atoms with Crippen LogP contribution in [0.5, 0.6) is 0 Å². The standard InChI is InChI=1S/C87H154O16P2/c1-4-7-10-13-16-19-22-25-27-29-31-33-35-37-38-39-40-41-42-44-46-47-49-51-53-56-58-61-64-67-70-73-85(90)97-76-82(88)77-99-104(93,94)100-78-83(89)79-101-105(95,96)102-81-84(103-87(92)75-72-69-66-63-60-55-24-21-18-15-12-9-6-3)80-98-86(91)74-71-68-65-62-59-57-54-52-50-48-45-43-36-34-32-30-28-26-23-20-17-14-11-8-5-2/h8,11,16-17,19-20,25-28,31-34,37-38,43,45,82-84,88-89H,4-7,9-10,12-15,18,21-24,29-30,35-36,39-42,44,46-81H2,1-3H3,(H,93,94)(H,95,96)/b11-8-,19-16-,20-17-,27-25-,28-26-,33-31-,34-32-,38-37-,45-43-. The molecule has 0 aromatic rings. The smallest absolute Gasteiger partial charge is 0.463 e. The van der Waals surface area contributed by atoms with Crippen molar-refractivity contribution in [2.24, 2.45) is 0 Å². The number of phosphoric ester groups is 2. The Morgan fingerprint density at radius 3 is 0.819 bits per heavy atom. The number of carbonyl (C=O) groups excluding carboxylic acids is 3. The van der Waals surface area contributed by atoms with Crippen LogP contribution in [-0.2, 0) is 55.8 Å². The molecular formula is C87H154O16P2. The zero-order valence-electron chi connectivity index (χ0n) is 66.6. The van der Waals surface area contributed by atoms with Gasteiger partial charge in [-0.1, -0.05) is 348 Å². The van der Waals surface area contributed by atoms with Crippen molar-refractivity contribution in [1.29, 1.82) is 0 Å². The average Bonchev–Trinajstić information content (AvgIpc) is 0.914. The van der Waals surface area contributed by atoms with Gasteiger partial charge in [-0.2, -0.15) is 0 Å². The fourth-order valence-electron chi connectivity index (χ4n) is 11.6. The van der Waals surface area contributed by atoms with Crippen LogP contribution < -0.4 is 0 Å². The highest BCUT2D eigenvalue weighted by Gasteiger charge is 2.29. The normalized spacial score (nSPS) is 14.5. The Hall–Kier alpha value is -3.79. The van der Waals surface area contributed by atoms with Crippen molar-refractivity contribution in [1.82, 2.24) is 0 Å². The summed E-state index contributed by atoms with van der Waals surface area (Å²) in [6.45, 7) is 2.58. The number of carbonyl (C=O) groups is 3. The highest BCUT2D eigenvalue weighted by Crippen LogP contribution is 2.45. The molecule has 0 fully saturated rings. The van der Waals surface area contributed by atoms with E-state index in [0.717, 1.165) is 128 Å². The number of aliphatic hydroxyl groups is 2. The first-order valence-corrected chi connectivity index (χ1v) is 45.2. The molecule has 0 aliphatic carbocycles. The second kappa shape index (κ2) is 79.8. The molecule has 0 aromatic carbocycles. The van der Waals surface area contributed by atoms with E-state index < -0.39 is 91.5 Å². The summed E-state index contributed by atoms with van der Waals surface area (Å²) < 4.78 is 61.2. The van der Waals surface area contributed by atoms with Crippen LogP contribution in [0.4, 0.5) is 0 Å². The molecule has 608 valence electrons. The first-order valence-electron chi connectivity index (χ1n) is 42.2. The fourth-order valence-corrected chi connectivity index (χ4v) is 13.2. The Balaban J connectivity index is 4.44. The minimum atomic E-state index is -4.93. The van der Waals surface area contributed by atoms with Crippen LogP contribution in [0.15, 0.2) is 109 Å². The molecule has 0 spiro atoms. The van der Waals surface area contributed by atoms with E-state index in [4.69, 9.17) is 32.3 Å². The number of hydrogen-bond donors (Lipinski definition) is 4. The van der Waals surface area contributed by atoms with E-state index in [1.807, 2.05) is 0 Å². The summed E-state index contributed by atoms with van der Waals surface area (Å²) in [5.74, 6) is -1.57. The Morgan fingerprint density at radius 2 is 0.505 bits per heavy atom. The molecule has 0 radical (unpaired) electrons. The highest BCUT2D eigenvalue weighted by molar-refractivity contribution is 7.47. The van der Waals surface area contributed by atoms with Crippen molar-refractivity contribution in [3.63, 3.8) is 0 Å². The average molecular weight is 1520 g/mol. The number of phosphoric acid groups is 2. The highest BCUT2D eigenvalue weighted by atomic mass is 31.2. The van der Waals surface area contributed by atoms with E-state index in [1.54, 1.807) is 0 Å². The lowest BCUT2D eigenvalue weighted by molar-refractivity contribution is -0.161. The molecule has 0 aromatic heterocycles. The third kappa shape index (κ3) is 81.0. The van der Waals surface area contributed by atoms with E-state index in [-0.39, 0.29) is 19.3 Å². The summed E-state index contributed by atoms with van der Waals surface area (Å²) >= 11 is 0. The van der Waals surface area contributed by atoms with Gasteiger partial charge in [-0.05, 0) is 109 Å². The van der Waals surface area contributed by atoms with Crippen molar-refractivity contribution < 1.29 is 75.8 Å². The number of allylic oxidation sites excluding steroid dienone is 18. The predicted molar refractivity (Wildman–Crippen MR) is 436 cm³/mol. The van der Waals surface area contributed by atoms with Gasteiger partial charge in [0.25, 0.3) is 0 Å². The molecule has 0 rings (SSSR count). The van der Waals surface area contributed by atoms with Crippen LogP contribution in [-0.4, -0.2) is 95.9 Å². The second-order valence-corrected chi connectivity index (χ2v) is 31.2. The lowest BCUT2D eigenvalue weighted by Crippen LogP contribution is -2.30. The topological polar surface area (TPSA) is 231 Å². The molecule has 0 bridgehead atoms. The van der Waals surface area contributed by atoms with Crippen molar-refractivity contribution in [3.8, 4) is 0 Å². The Kier molecular flexibility index (Phi) is 76.9. The maximum atomic E-state index is 13.0. The molecule has 0 aliphatic heterocycles. The molecule has 0 saturated heterocycles. The number of esters is 3. The van der Waals surface area contributed by atoms with Gasteiger partial charge >= 0.3 is 33.6 Å². The van der Waals surface area contributed by atoms with E-state index in [0.29, 0.717) is 19.3 Å². The second-order valence-electron chi connectivity index (χ2n) is 28.3. The largest absolute Gasteiger partial charge is 0.472 e. The van der Waals surface area contributed by atoms with Gasteiger partial charge in [-0.25, -0.2) is 9.13 Å². The summed E-state index contributed by atoms with van der Waals surface area (Å²) in [5, 5.41) is 20.7. The van der Waals surface area contributed by atoms with Crippen molar-refractivity contribution in [2.75, 3.05) is 39.6 Å². The first-order chi connectivity index (χ1) is 51.2. The van der Waals surface area contributed by atoms with Gasteiger partial charge in [-0.3, -0.25) is 32.5 Å². The van der Waals surface area contributed by atoms with Crippen LogP contribution in [0.3, 0.4) is 0 Å². The van der Waals surface area contributed by atoms with E-state index >= 15 is 0 Å². The van der Waals surface area contributed by atoms with Crippen LogP contribution >= 0.6 is 15.6 Å². The minimum Gasteiger partial charge on any atom is -0.463 e. The van der Waals surface area contributed by atoms with Crippen molar-refractivity contribution >= 4 is 33.6 Å². The van der Waals surface area contributed by atoms with Gasteiger partial charge in [0, 0.05) is 19.3 Å². The molecule has 0 amide bonds. The maximum Gasteiger partial charge on any atom is 0.472 e. The maximum absolute atomic E-state index is 13.0. The monoisotopic (exact) mass is 1520 g/mol. The Bertz CT molecular complexity index is 2340. The number of ether oxygens (including phenoxy) is 3. The molecule has 4 N–H and O–H groups in total. The SMILES string of the molecule is CC/C=C\C/C=C\C/C=C\C/C=C\C/C=C\CCCCCCCCCCCC(=O)OCC(COP(=O)(O)OCC(O)COP(=O)(O)OCC(O)COC(=O)CCCCCCCCCCCCCCCCC/C=C\C/C=C\C/C=C\C/C=C\CCCCC)OC(=O)CCCCCCCCCCCCCCC. The van der Waals surface area contributed by atoms with Crippen molar-refractivity contribution in [2.45, 2.75) is 386 Å². The minimum absolute atomic E-state index is 0.106. The first kappa shape index (κ1) is 101. The number of aliphatic hydroxyl groups excluding tert-OH is 2. The lowest BCUT2D eigenvalue weighted by atomic mass is 10.0. The molecule has 5 unspecified atom stereocenters. The van der Waals surface area contributed by atoms with E-state index in [2.05, 4.69) is 130 Å². The van der Waals surface area contributed by atoms with E-state index in [9.17, 15) is 43.5 Å². The van der Waals surface area contributed by atoms with Crippen LogP contribution in [0.1, 0.15) is 367 Å². The van der Waals surface area contributed by atoms with Crippen LogP contribution in [0.25, 0.3) is 0 Å². The van der Waals surface area contributed by atoms with Gasteiger partial charge in [-0.15, -0.1) is 0 Å². The Morgan fingerprint density at radius 1 is 0.276 bits per heavy atom. The number of hydrogen-bond acceptors (Lipinski definition) is 14. The van der Waals surface area contributed by atoms with Crippen molar-refractivity contribution in [3.05, 3.63) is 109 Å². The molecule has 18 heteroatoms. The third-order valence-corrected chi connectivity index (χ3v) is 19.9. The fraction of sp³-hybridized carbons (Fsp3) is 0.759.